The number of nitrogens with one attached hydrogen (secondary N) is 1. The van der Waals surface area contributed by atoms with Gasteiger partial charge in [-0.1, -0.05) is 0 Å². The largest absolute Gasteiger partial charge is 0.492 e. The summed E-state index contributed by atoms with van der Waals surface area (Å²) in [6.07, 6.45) is 4.57. The van der Waals surface area contributed by atoms with E-state index in [4.69, 9.17) is 10.5 Å². The predicted octanol–water partition coefficient (Wildman–Crippen LogP) is 0.476. The molecule has 0 aliphatic carbocycles. The van der Waals surface area contributed by atoms with Crippen LogP contribution in [-0.4, -0.2) is 29.9 Å². The van der Waals surface area contributed by atoms with E-state index in [1.54, 1.807) is 6.07 Å². The van der Waals surface area contributed by atoms with Crippen LogP contribution in [0.2, 0.25) is 0 Å². The third-order valence-electron chi connectivity index (χ3n) is 2.21. The first-order valence-corrected chi connectivity index (χ1v) is 5.71. The molecule has 18 heavy (non-hydrogen) atoms. The van der Waals surface area contributed by atoms with Crippen LogP contribution in [0.15, 0.2) is 18.5 Å². The predicted molar refractivity (Wildman–Crippen MR) is 66.2 cm³/mol. The quantitative estimate of drug-likeness (QED) is 0.689. The molecule has 1 rings (SSSR count). The Morgan fingerprint density at radius 2 is 2.17 bits per heavy atom. The second-order valence-electron chi connectivity index (χ2n) is 3.81. The zero-order valence-corrected chi connectivity index (χ0v) is 10.3. The van der Waals surface area contributed by atoms with Crippen LogP contribution in [0.4, 0.5) is 0 Å². The summed E-state index contributed by atoms with van der Waals surface area (Å²) >= 11 is 0. The molecule has 0 unspecified atom stereocenters. The Balaban J connectivity index is 2.25. The van der Waals surface area contributed by atoms with Crippen molar-refractivity contribution in [2.24, 2.45) is 5.73 Å². The number of amides is 2. The Hall–Kier alpha value is -2.11. The minimum atomic E-state index is -0.529. The molecule has 0 atom stereocenters. The van der Waals surface area contributed by atoms with Crippen molar-refractivity contribution in [1.29, 1.82) is 0 Å². The molecule has 0 aliphatic heterocycles. The van der Waals surface area contributed by atoms with Gasteiger partial charge in [0, 0.05) is 19.7 Å². The zero-order chi connectivity index (χ0) is 13.4. The number of primary amides is 1. The second kappa shape index (κ2) is 7.26. The molecule has 0 aromatic carbocycles. The average Bonchev–Trinajstić information content (AvgIpc) is 2.33. The van der Waals surface area contributed by atoms with E-state index in [-0.39, 0.29) is 5.91 Å². The van der Waals surface area contributed by atoms with Gasteiger partial charge < -0.3 is 15.8 Å². The number of rotatable bonds is 7. The maximum atomic E-state index is 10.9. The first-order valence-electron chi connectivity index (χ1n) is 5.71. The van der Waals surface area contributed by atoms with Crippen LogP contribution in [-0.2, 0) is 4.79 Å². The van der Waals surface area contributed by atoms with E-state index >= 15 is 0 Å². The van der Waals surface area contributed by atoms with Gasteiger partial charge in [-0.3, -0.25) is 14.6 Å². The molecule has 1 aromatic rings. The summed E-state index contributed by atoms with van der Waals surface area (Å²) < 4.78 is 5.42. The van der Waals surface area contributed by atoms with E-state index in [0.717, 1.165) is 12.8 Å². The molecule has 0 radical (unpaired) electrons. The van der Waals surface area contributed by atoms with Crippen molar-refractivity contribution in [3.05, 3.63) is 24.0 Å². The summed E-state index contributed by atoms with van der Waals surface area (Å²) in [5, 5.41) is 2.70. The molecule has 2 amide bonds. The minimum Gasteiger partial charge on any atom is -0.492 e. The van der Waals surface area contributed by atoms with Gasteiger partial charge in [0.15, 0.2) is 0 Å². The lowest BCUT2D eigenvalue weighted by molar-refractivity contribution is -0.118. The molecular formula is C12H17N3O3. The zero-order valence-electron chi connectivity index (χ0n) is 10.3. The van der Waals surface area contributed by atoms with Crippen molar-refractivity contribution in [2.75, 3.05) is 13.2 Å². The second-order valence-corrected chi connectivity index (χ2v) is 3.81. The summed E-state index contributed by atoms with van der Waals surface area (Å²) in [5.74, 6) is -0.0429. The molecule has 0 fully saturated rings. The summed E-state index contributed by atoms with van der Waals surface area (Å²) in [4.78, 5) is 25.4. The third kappa shape index (κ3) is 5.29. The Labute approximate surface area is 106 Å². The first kappa shape index (κ1) is 14.0. The summed E-state index contributed by atoms with van der Waals surface area (Å²) in [7, 11) is 0. The minimum absolute atomic E-state index is 0.0331. The number of nitrogens with two attached hydrogens (primary N) is 1. The molecule has 1 aromatic heterocycles. The third-order valence-corrected chi connectivity index (χ3v) is 2.21. The van der Waals surface area contributed by atoms with Crippen LogP contribution in [0, 0.1) is 0 Å². The number of unbranched alkanes of at least 4 members (excludes halogenated alkanes) is 1. The number of ether oxygens (including phenoxy) is 1. The Bertz CT molecular complexity index is 421. The lowest BCUT2D eigenvalue weighted by Gasteiger charge is -2.06. The highest BCUT2D eigenvalue weighted by molar-refractivity contribution is 5.92. The number of hydrogen-bond donors (Lipinski definition) is 2. The van der Waals surface area contributed by atoms with Crippen molar-refractivity contribution < 1.29 is 14.3 Å². The number of nitrogens with zero attached hydrogens (tertiary/aromatic N) is 1. The van der Waals surface area contributed by atoms with Gasteiger partial charge in [-0.2, -0.15) is 0 Å². The monoisotopic (exact) mass is 251 g/mol. The van der Waals surface area contributed by atoms with Gasteiger partial charge in [0.05, 0.1) is 18.4 Å². The number of pyridine rings is 1. The van der Waals surface area contributed by atoms with Gasteiger partial charge in [0.2, 0.25) is 11.8 Å². The van der Waals surface area contributed by atoms with Crippen LogP contribution in [0.5, 0.6) is 5.75 Å². The van der Waals surface area contributed by atoms with Crippen LogP contribution in [0.1, 0.15) is 30.1 Å². The van der Waals surface area contributed by atoms with E-state index in [0.29, 0.717) is 24.5 Å². The van der Waals surface area contributed by atoms with Gasteiger partial charge in [-0.15, -0.1) is 0 Å². The first-order chi connectivity index (χ1) is 8.59. The van der Waals surface area contributed by atoms with Gasteiger partial charge >= 0.3 is 0 Å². The van der Waals surface area contributed by atoms with Crippen LogP contribution in [0.3, 0.4) is 0 Å². The average molecular weight is 251 g/mol. The van der Waals surface area contributed by atoms with Crippen LogP contribution in [0.25, 0.3) is 0 Å². The van der Waals surface area contributed by atoms with Crippen molar-refractivity contribution in [2.45, 2.75) is 19.8 Å². The van der Waals surface area contributed by atoms with E-state index in [1.165, 1.54) is 19.3 Å². The van der Waals surface area contributed by atoms with Crippen molar-refractivity contribution >= 4 is 11.8 Å². The highest BCUT2D eigenvalue weighted by Crippen LogP contribution is 2.11. The van der Waals surface area contributed by atoms with E-state index in [2.05, 4.69) is 10.3 Å². The van der Waals surface area contributed by atoms with Gasteiger partial charge in [-0.25, -0.2) is 0 Å². The molecule has 6 heteroatoms. The highest BCUT2D eigenvalue weighted by atomic mass is 16.5. The van der Waals surface area contributed by atoms with Crippen LogP contribution >= 0.6 is 0 Å². The molecule has 0 saturated heterocycles. The lowest BCUT2D eigenvalue weighted by atomic mass is 10.2. The lowest BCUT2D eigenvalue weighted by Crippen LogP contribution is -2.21. The topological polar surface area (TPSA) is 94.3 Å². The van der Waals surface area contributed by atoms with Gasteiger partial charge in [0.25, 0.3) is 0 Å². The van der Waals surface area contributed by atoms with E-state index in [9.17, 15) is 9.59 Å². The fourth-order valence-electron chi connectivity index (χ4n) is 1.31. The van der Waals surface area contributed by atoms with Crippen molar-refractivity contribution in [1.82, 2.24) is 10.3 Å². The maximum absolute atomic E-state index is 10.9. The number of hydrogen-bond acceptors (Lipinski definition) is 4. The number of carbonyl (C=O) groups excluding carboxylic acids is 2. The molecule has 3 N–H and O–H groups in total. The normalized spacial score (nSPS) is 9.83. The molecule has 6 nitrogen and oxygen atoms in total. The molecule has 0 aliphatic rings. The van der Waals surface area contributed by atoms with Gasteiger partial charge in [-0.05, 0) is 18.9 Å². The summed E-state index contributed by atoms with van der Waals surface area (Å²) in [5.41, 5.74) is 5.46. The summed E-state index contributed by atoms with van der Waals surface area (Å²) in [6.45, 7) is 2.62. The fraction of sp³-hybridized carbons (Fsp3) is 0.417. The summed E-state index contributed by atoms with van der Waals surface area (Å²) in [6, 6.07) is 1.56. The molecule has 0 saturated carbocycles. The number of aromatic nitrogens is 1. The Morgan fingerprint density at radius 3 is 2.83 bits per heavy atom. The molecule has 0 spiro atoms. The highest BCUT2D eigenvalue weighted by Gasteiger charge is 2.02. The SMILES string of the molecule is CC(=O)NCCCCOc1cncc(C(N)=O)c1. The van der Waals surface area contributed by atoms with Crippen LogP contribution < -0.4 is 15.8 Å². The standard InChI is InChI=1S/C12H17N3O3/c1-9(16)15-4-2-3-5-18-11-6-10(12(13)17)7-14-8-11/h6-8H,2-5H2,1H3,(H2,13,17)(H,15,16). The molecule has 98 valence electrons. The molecule has 1 heterocycles. The van der Waals surface area contributed by atoms with E-state index in [1.807, 2.05) is 0 Å². The molecular weight excluding hydrogens is 234 g/mol. The molecule has 0 bridgehead atoms. The van der Waals surface area contributed by atoms with Crippen molar-refractivity contribution in [3.8, 4) is 5.75 Å². The Morgan fingerprint density at radius 1 is 1.39 bits per heavy atom. The fourth-order valence-corrected chi connectivity index (χ4v) is 1.31. The van der Waals surface area contributed by atoms with Crippen molar-refractivity contribution in [3.63, 3.8) is 0 Å². The number of carbonyl (C=O) groups is 2. The maximum Gasteiger partial charge on any atom is 0.250 e. The van der Waals surface area contributed by atoms with E-state index < -0.39 is 5.91 Å². The Kier molecular flexibility index (Phi) is 5.63. The van der Waals surface area contributed by atoms with Gasteiger partial charge in [0.1, 0.15) is 5.75 Å². The smallest absolute Gasteiger partial charge is 0.250 e.